The van der Waals surface area contributed by atoms with Crippen molar-refractivity contribution >= 4 is 52.6 Å². The SMILES string of the molecule is C[C@@H](OC(=O)CN1C(=O)c2ccccc2C1=O)C(=O)Nc1cc(Cl)ccc1Cl. The first-order valence-corrected chi connectivity index (χ1v) is 8.94. The van der Waals surface area contributed by atoms with Crippen LogP contribution in [0.1, 0.15) is 27.6 Å². The second-order valence-corrected chi connectivity index (χ2v) is 6.83. The van der Waals surface area contributed by atoms with Crippen LogP contribution in [0.4, 0.5) is 5.69 Å². The summed E-state index contributed by atoms with van der Waals surface area (Å²) in [7, 11) is 0. The van der Waals surface area contributed by atoms with Crippen molar-refractivity contribution < 1.29 is 23.9 Å². The zero-order valence-electron chi connectivity index (χ0n) is 14.6. The van der Waals surface area contributed by atoms with Crippen molar-refractivity contribution in [3.05, 3.63) is 63.6 Å². The highest BCUT2D eigenvalue weighted by atomic mass is 35.5. The van der Waals surface area contributed by atoms with E-state index in [2.05, 4.69) is 5.32 Å². The van der Waals surface area contributed by atoms with Gasteiger partial charge >= 0.3 is 5.97 Å². The molecule has 3 rings (SSSR count). The molecule has 1 heterocycles. The van der Waals surface area contributed by atoms with Gasteiger partial charge in [0.2, 0.25) is 0 Å². The topological polar surface area (TPSA) is 92.8 Å². The minimum atomic E-state index is -1.18. The van der Waals surface area contributed by atoms with Crippen LogP contribution in [-0.4, -0.2) is 41.2 Å². The molecule has 1 aliphatic heterocycles. The van der Waals surface area contributed by atoms with Crippen molar-refractivity contribution in [2.24, 2.45) is 0 Å². The lowest BCUT2D eigenvalue weighted by molar-refractivity contribution is -0.153. The molecule has 0 aromatic heterocycles. The van der Waals surface area contributed by atoms with Gasteiger partial charge in [-0.2, -0.15) is 0 Å². The van der Waals surface area contributed by atoms with Gasteiger partial charge in [0.25, 0.3) is 17.7 Å². The number of ether oxygens (including phenoxy) is 1. The lowest BCUT2D eigenvalue weighted by Crippen LogP contribution is -2.38. The molecule has 0 spiro atoms. The first kappa shape index (κ1) is 19.9. The van der Waals surface area contributed by atoms with Crippen LogP contribution in [0.2, 0.25) is 10.0 Å². The molecule has 1 aliphatic rings. The molecule has 0 saturated carbocycles. The number of rotatable bonds is 5. The van der Waals surface area contributed by atoms with Crippen molar-refractivity contribution in [3.8, 4) is 0 Å². The number of hydrogen-bond acceptors (Lipinski definition) is 5. The van der Waals surface area contributed by atoms with E-state index in [4.69, 9.17) is 27.9 Å². The number of amides is 3. The van der Waals surface area contributed by atoms with Gasteiger partial charge in [-0.1, -0.05) is 35.3 Å². The molecule has 1 N–H and O–H groups in total. The Morgan fingerprint density at radius 2 is 1.68 bits per heavy atom. The minimum Gasteiger partial charge on any atom is -0.451 e. The fraction of sp³-hybridized carbons (Fsp3) is 0.158. The molecular formula is C19H14Cl2N2O5. The summed E-state index contributed by atoms with van der Waals surface area (Å²) in [5.74, 6) is -2.70. The summed E-state index contributed by atoms with van der Waals surface area (Å²) in [6, 6.07) is 10.8. The fourth-order valence-electron chi connectivity index (χ4n) is 2.63. The summed E-state index contributed by atoms with van der Waals surface area (Å²) < 4.78 is 5.04. The molecule has 2 aromatic rings. The lowest BCUT2D eigenvalue weighted by atomic mass is 10.1. The average molecular weight is 421 g/mol. The Hall–Kier alpha value is -2.90. The second-order valence-electron chi connectivity index (χ2n) is 5.99. The van der Waals surface area contributed by atoms with Crippen LogP contribution in [-0.2, 0) is 14.3 Å². The van der Waals surface area contributed by atoms with Crippen molar-refractivity contribution in [1.29, 1.82) is 0 Å². The van der Waals surface area contributed by atoms with Gasteiger partial charge in [0.05, 0.1) is 21.8 Å². The molecule has 144 valence electrons. The molecule has 1 atom stereocenters. The summed E-state index contributed by atoms with van der Waals surface area (Å²) in [6.45, 7) is 0.760. The van der Waals surface area contributed by atoms with Crippen molar-refractivity contribution in [2.45, 2.75) is 13.0 Å². The van der Waals surface area contributed by atoms with Gasteiger partial charge in [0.15, 0.2) is 6.10 Å². The van der Waals surface area contributed by atoms with Crippen LogP contribution in [0.3, 0.4) is 0 Å². The van der Waals surface area contributed by atoms with Gasteiger partial charge in [-0.05, 0) is 37.3 Å². The zero-order valence-corrected chi connectivity index (χ0v) is 16.1. The van der Waals surface area contributed by atoms with E-state index >= 15 is 0 Å². The molecule has 0 saturated heterocycles. The third-order valence-corrected chi connectivity index (χ3v) is 4.59. The number of imide groups is 1. The zero-order chi connectivity index (χ0) is 20.4. The average Bonchev–Trinajstić information content (AvgIpc) is 2.90. The predicted octanol–water partition coefficient (Wildman–Crippen LogP) is 3.16. The van der Waals surface area contributed by atoms with Gasteiger partial charge in [-0.3, -0.25) is 24.1 Å². The summed E-state index contributed by atoms with van der Waals surface area (Å²) in [5, 5.41) is 3.14. The Labute approximate surface area is 170 Å². The van der Waals surface area contributed by atoms with Gasteiger partial charge < -0.3 is 10.1 Å². The number of halogens is 2. The maximum Gasteiger partial charge on any atom is 0.326 e. The Bertz CT molecular complexity index is 957. The van der Waals surface area contributed by atoms with E-state index in [1.807, 2.05) is 0 Å². The molecule has 9 heteroatoms. The van der Waals surface area contributed by atoms with Gasteiger partial charge in [-0.25, -0.2) is 0 Å². The Balaban J connectivity index is 1.60. The number of carbonyl (C=O) groups excluding carboxylic acids is 4. The first-order valence-electron chi connectivity index (χ1n) is 8.18. The molecule has 0 bridgehead atoms. The van der Waals surface area contributed by atoms with Crippen LogP contribution < -0.4 is 5.32 Å². The van der Waals surface area contributed by atoms with E-state index in [0.29, 0.717) is 5.02 Å². The number of benzene rings is 2. The molecule has 28 heavy (non-hydrogen) atoms. The van der Waals surface area contributed by atoms with Crippen LogP contribution >= 0.6 is 23.2 Å². The molecule has 0 aliphatic carbocycles. The van der Waals surface area contributed by atoms with E-state index in [1.165, 1.54) is 31.2 Å². The number of hydrogen-bond donors (Lipinski definition) is 1. The number of nitrogens with zero attached hydrogens (tertiary/aromatic N) is 1. The molecule has 2 aromatic carbocycles. The number of fused-ring (bicyclic) bond motifs is 1. The molecule has 0 fully saturated rings. The number of anilines is 1. The van der Waals surface area contributed by atoms with Crippen LogP contribution in [0, 0.1) is 0 Å². The van der Waals surface area contributed by atoms with E-state index in [1.54, 1.807) is 18.2 Å². The molecular weight excluding hydrogens is 407 g/mol. The second kappa shape index (κ2) is 8.00. The van der Waals surface area contributed by atoms with E-state index in [0.717, 1.165) is 4.90 Å². The molecule has 0 unspecified atom stereocenters. The standard InChI is InChI=1S/C19H14Cl2N2O5/c1-10(17(25)22-15-8-11(20)6-7-14(15)21)28-16(24)9-23-18(26)12-4-2-3-5-13(12)19(23)27/h2-8,10H,9H2,1H3,(H,22,25)/t10-/m1/s1. The number of nitrogens with one attached hydrogen (secondary N) is 1. The monoisotopic (exact) mass is 420 g/mol. The highest BCUT2D eigenvalue weighted by Crippen LogP contribution is 2.26. The highest BCUT2D eigenvalue weighted by molar-refractivity contribution is 6.35. The number of esters is 1. The van der Waals surface area contributed by atoms with Crippen LogP contribution in [0.25, 0.3) is 0 Å². The summed E-state index contributed by atoms with van der Waals surface area (Å²) in [4.78, 5) is 49.7. The van der Waals surface area contributed by atoms with Crippen molar-refractivity contribution in [1.82, 2.24) is 4.90 Å². The molecule has 0 radical (unpaired) electrons. The maximum absolute atomic E-state index is 12.3. The van der Waals surface area contributed by atoms with Gasteiger partial charge in [0.1, 0.15) is 6.54 Å². The normalized spacial score (nSPS) is 13.9. The highest BCUT2D eigenvalue weighted by Gasteiger charge is 2.37. The van der Waals surface area contributed by atoms with Gasteiger partial charge in [-0.15, -0.1) is 0 Å². The third kappa shape index (κ3) is 4.00. The van der Waals surface area contributed by atoms with E-state index < -0.39 is 36.3 Å². The Morgan fingerprint density at radius 3 is 2.29 bits per heavy atom. The van der Waals surface area contributed by atoms with E-state index in [-0.39, 0.29) is 21.8 Å². The van der Waals surface area contributed by atoms with Crippen LogP contribution in [0.15, 0.2) is 42.5 Å². The predicted molar refractivity (Wildman–Crippen MR) is 102 cm³/mol. The summed E-state index contributed by atoms with van der Waals surface area (Å²) >= 11 is 11.8. The van der Waals surface area contributed by atoms with Crippen molar-refractivity contribution in [3.63, 3.8) is 0 Å². The first-order chi connectivity index (χ1) is 13.3. The lowest BCUT2D eigenvalue weighted by Gasteiger charge is -2.17. The molecule has 3 amide bonds. The number of carbonyl (C=O) groups is 4. The van der Waals surface area contributed by atoms with Crippen molar-refractivity contribution in [2.75, 3.05) is 11.9 Å². The third-order valence-electron chi connectivity index (χ3n) is 4.03. The Kier molecular flexibility index (Phi) is 5.67. The largest absolute Gasteiger partial charge is 0.451 e. The smallest absolute Gasteiger partial charge is 0.326 e. The van der Waals surface area contributed by atoms with E-state index in [9.17, 15) is 19.2 Å². The minimum absolute atomic E-state index is 0.224. The van der Waals surface area contributed by atoms with Gasteiger partial charge in [0, 0.05) is 5.02 Å². The summed E-state index contributed by atoms with van der Waals surface area (Å²) in [5.41, 5.74) is 0.714. The maximum atomic E-state index is 12.3. The van der Waals surface area contributed by atoms with Crippen LogP contribution in [0.5, 0.6) is 0 Å². The Morgan fingerprint density at radius 1 is 1.07 bits per heavy atom. The fourth-order valence-corrected chi connectivity index (χ4v) is 2.96. The quantitative estimate of drug-likeness (QED) is 0.592. The summed E-state index contributed by atoms with van der Waals surface area (Å²) in [6.07, 6.45) is -1.18. The molecule has 7 nitrogen and oxygen atoms in total.